The maximum Gasteiger partial charge on any atom is 0.123 e. The van der Waals surface area contributed by atoms with Gasteiger partial charge in [-0.15, -0.1) is 11.6 Å². The monoisotopic (exact) mass is 182 g/mol. The van der Waals surface area contributed by atoms with E-state index in [9.17, 15) is 0 Å². The molecule has 0 saturated carbocycles. The van der Waals surface area contributed by atoms with Crippen LogP contribution in [0.3, 0.4) is 0 Å². The van der Waals surface area contributed by atoms with Crippen molar-refractivity contribution in [2.75, 3.05) is 5.88 Å². The number of ether oxygens (including phenoxy) is 1. The number of halogens is 1. The largest absolute Gasteiger partial charge is 0.489 e. The zero-order valence-electron chi connectivity index (χ0n) is 7.01. The van der Waals surface area contributed by atoms with E-state index in [4.69, 9.17) is 16.3 Å². The molecule has 0 amide bonds. The van der Waals surface area contributed by atoms with Crippen LogP contribution in [0.25, 0.3) is 0 Å². The number of benzene rings is 1. The standard InChI is InChI=1S/C10H11ClO/c1-7-2-3-10-8(4-7)5-9(6-11)12-10/h2-4,9H,5-6H2,1H3. The molecule has 1 nitrogen and oxygen atoms in total. The summed E-state index contributed by atoms with van der Waals surface area (Å²) in [5, 5.41) is 0. The van der Waals surface area contributed by atoms with E-state index in [1.807, 2.05) is 6.07 Å². The number of hydrogen-bond acceptors (Lipinski definition) is 1. The van der Waals surface area contributed by atoms with E-state index in [0.717, 1.165) is 12.2 Å². The lowest BCUT2D eigenvalue weighted by Gasteiger charge is -2.04. The number of hydrogen-bond donors (Lipinski definition) is 0. The van der Waals surface area contributed by atoms with E-state index >= 15 is 0 Å². The van der Waals surface area contributed by atoms with Gasteiger partial charge in [0.15, 0.2) is 0 Å². The molecule has 0 fully saturated rings. The highest BCUT2D eigenvalue weighted by molar-refractivity contribution is 6.18. The zero-order chi connectivity index (χ0) is 8.55. The molecule has 2 heteroatoms. The summed E-state index contributed by atoms with van der Waals surface area (Å²) in [6.45, 7) is 2.09. The average Bonchev–Trinajstić information content (AvgIpc) is 2.46. The smallest absolute Gasteiger partial charge is 0.123 e. The summed E-state index contributed by atoms with van der Waals surface area (Å²) in [6.07, 6.45) is 1.14. The third-order valence-corrected chi connectivity index (χ3v) is 2.47. The van der Waals surface area contributed by atoms with E-state index < -0.39 is 0 Å². The van der Waals surface area contributed by atoms with Crippen molar-refractivity contribution in [1.29, 1.82) is 0 Å². The fourth-order valence-corrected chi connectivity index (χ4v) is 1.71. The van der Waals surface area contributed by atoms with Gasteiger partial charge in [0.2, 0.25) is 0 Å². The Labute approximate surface area is 77.3 Å². The van der Waals surface area contributed by atoms with Crippen molar-refractivity contribution in [1.82, 2.24) is 0 Å². The van der Waals surface area contributed by atoms with E-state index in [-0.39, 0.29) is 6.10 Å². The molecule has 1 aromatic carbocycles. The maximum absolute atomic E-state index is 5.71. The summed E-state index contributed by atoms with van der Waals surface area (Å²) in [7, 11) is 0. The molecule has 1 aliphatic rings. The Morgan fingerprint density at radius 1 is 1.58 bits per heavy atom. The average molecular weight is 183 g/mol. The fraction of sp³-hybridized carbons (Fsp3) is 0.400. The molecular weight excluding hydrogens is 172 g/mol. The van der Waals surface area contributed by atoms with Gasteiger partial charge >= 0.3 is 0 Å². The Kier molecular flexibility index (Phi) is 1.97. The second kappa shape index (κ2) is 2.98. The van der Waals surface area contributed by atoms with Gasteiger partial charge in [0.25, 0.3) is 0 Å². The number of alkyl halides is 1. The quantitative estimate of drug-likeness (QED) is 0.607. The molecule has 0 saturated heterocycles. The molecule has 1 atom stereocenters. The highest BCUT2D eigenvalue weighted by atomic mass is 35.5. The van der Waals surface area contributed by atoms with Crippen LogP contribution >= 0.6 is 11.6 Å². The number of fused-ring (bicyclic) bond motifs is 1. The summed E-state index contributed by atoms with van der Waals surface area (Å²) >= 11 is 5.71. The maximum atomic E-state index is 5.71. The highest BCUT2D eigenvalue weighted by Crippen LogP contribution is 2.29. The van der Waals surface area contributed by atoms with Gasteiger partial charge in [0, 0.05) is 6.42 Å². The first-order valence-corrected chi connectivity index (χ1v) is 4.65. The van der Waals surface area contributed by atoms with Crippen LogP contribution in [0, 0.1) is 6.92 Å². The van der Waals surface area contributed by atoms with Crippen molar-refractivity contribution >= 4 is 11.6 Å². The molecule has 2 rings (SSSR count). The molecule has 0 radical (unpaired) electrons. The first-order valence-electron chi connectivity index (χ1n) is 4.12. The van der Waals surface area contributed by atoms with Crippen molar-refractivity contribution in [3.8, 4) is 5.75 Å². The number of rotatable bonds is 1. The predicted octanol–water partition coefficient (Wildman–Crippen LogP) is 2.54. The normalized spacial score (nSPS) is 20.3. The van der Waals surface area contributed by atoms with Crippen LogP contribution in [0.1, 0.15) is 11.1 Å². The van der Waals surface area contributed by atoms with Gasteiger partial charge in [0.05, 0.1) is 5.88 Å². The minimum absolute atomic E-state index is 0.184. The molecule has 1 unspecified atom stereocenters. The summed E-state index contributed by atoms with van der Waals surface area (Å²) in [6, 6.07) is 6.26. The lowest BCUT2D eigenvalue weighted by atomic mass is 10.1. The lowest BCUT2D eigenvalue weighted by Crippen LogP contribution is -2.13. The Morgan fingerprint density at radius 2 is 2.42 bits per heavy atom. The Bertz CT molecular complexity index is 296. The summed E-state index contributed by atoms with van der Waals surface area (Å²) in [4.78, 5) is 0. The first-order chi connectivity index (χ1) is 5.79. The van der Waals surface area contributed by atoms with Crippen LogP contribution in [0.5, 0.6) is 5.75 Å². The predicted molar refractivity (Wildman–Crippen MR) is 50.0 cm³/mol. The van der Waals surface area contributed by atoms with Gasteiger partial charge in [-0.3, -0.25) is 0 Å². The van der Waals surface area contributed by atoms with E-state index in [0.29, 0.717) is 5.88 Å². The molecule has 0 aliphatic carbocycles. The summed E-state index contributed by atoms with van der Waals surface area (Å²) in [5.74, 6) is 1.58. The van der Waals surface area contributed by atoms with Crippen LogP contribution in [0.2, 0.25) is 0 Å². The van der Waals surface area contributed by atoms with Gasteiger partial charge in [-0.1, -0.05) is 17.7 Å². The van der Waals surface area contributed by atoms with Crippen molar-refractivity contribution in [3.63, 3.8) is 0 Å². The lowest BCUT2D eigenvalue weighted by molar-refractivity contribution is 0.258. The van der Waals surface area contributed by atoms with Crippen molar-refractivity contribution in [3.05, 3.63) is 29.3 Å². The number of aryl methyl sites for hydroxylation is 1. The molecule has 0 spiro atoms. The zero-order valence-corrected chi connectivity index (χ0v) is 7.77. The highest BCUT2D eigenvalue weighted by Gasteiger charge is 2.21. The van der Waals surface area contributed by atoms with E-state index in [2.05, 4.69) is 19.1 Å². The Balaban J connectivity index is 2.30. The van der Waals surface area contributed by atoms with E-state index in [1.54, 1.807) is 0 Å². The summed E-state index contributed by atoms with van der Waals surface area (Å²) in [5.41, 5.74) is 2.58. The molecule has 12 heavy (non-hydrogen) atoms. The Morgan fingerprint density at radius 3 is 3.17 bits per heavy atom. The molecule has 0 aromatic heterocycles. The van der Waals surface area contributed by atoms with Crippen LogP contribution in [0.15, 0.2) is 18.2 Å². The fourth-order valence-electron chi connectivity index (χ4n) is 1.54. The molecule has 0 N–H and O–H groups in total. The van der Waals surface area contributed by atoms with Gasteiger partial charge in [-0.05, 0) is 18.6 Å². The van der Waals surface area contributed by atoms with Gasteiger partial charge in [-0.2, -0.15) is 0 Å². The van der Waals surface area contributed by atoms with Gasteiger partial charge in [-0.25, -0.2) is 0 Å². The molecule has 1 aliphatic heterocycles. The first kappa shape index (κ1) is 7.93. The van der Waals surface area contributed by atoms with Crippen LogP contribution in [0.4, 0.5) is 0 Å². The van der Waals surface area contributed by atoms with Gasteiger partial charge < -0.3 is 4.74 Å². The SMILES string of the molecule is Cc1ccc2c(c1)CC(CCl)O2. The second-order valence-corrected chi connectivity index (χ2v) is 3.52. The summed E-state index contributed by atoms with van der Waals surface area (Å²) < 4.78 is 5.58. The third kappa shape index (κ3) is 1.29. The van der Waals surface area contributed by atoms with E-state index in [1.165, 1.54) is 11.1 Å². The molecule has 0 bridgehead atoms. The molecule has 1 heterocycles. The van der Waals surface area contributed by atoms with Crippen LogP contribution in [-0.2, 0) is 6.42 Å². The molecular formula is C10H11ClO. The van der Waals surface area contributed by atoms with Crippen LogP contribution < -0.4 is 4.74 Å². The van der Waals surface area contributed by atoms with Crippen LogP contribution in [-0.4, -0.2) is 12.0 Å². The second-order valence-electron chi connectivity index (χ2n) is 3.21. The third-order valence-electron chi connectivity index (χ3n) is 2.13. The molecule has 64 valence electrons. The van der Waals surface area contributed by atoms with Crippen molar-refractivity contribution in [2.45, 2.75) is 19.4 Å². The van der Waals surface area contributed by atoms with Crippen molar-refractivity contribution < 1.29 is 4.74 Å². The topological polar surface area (TPSA) is 9.23 Å². The molecule has 1 aromatic rings. The minimum atomic E-state index is 0.184. The van der Waals surface area contributed by atoms with Crippen molar-refractivity contribution in [2.24, 2.45) is 0 Å². The van der Waals surface area contributed by atoms with Gasteiger partial charge in [0.1, 0.15) is 11.9 Å². The minimum Gasteiger partial charge on any atom is -0.489 e. The Hall–Kier alpha value is -0.690.